The molecule has 1 aliphatic heterocycles. The van der Waals surface area contributed by atoms with Crippen LogP contribution >= 0.6 is 11.3 Å². The number of ether oxygens (including phenoxy) is 1. The van der Waals surface area contributed by atoms with Gasteiger partial charge in [0, 0.05) is 35.8 Å². The van der Waals surface area contributed by atoms with Crippen molar-refractivity contribution in [3.05, 3.63) is 58.9 Å². The number of anilines is 1. The smallest absolute Gasteiger partial charge is 0.276 e. The summed E-state index contributed by atoms with van der Waals surface area (Å²) in [7, 11) is 1.91. The number of fused-ring (bicyclic) bond motifs is 5. The Morgan fingerprint density at radius 1 is 1.30 bits per heavy atom. The highest BCUT2D eigenvalue weighted by Crippen LogP contribution is 2.55. The molecule has 0 bridgehead atoms. The SMILES string of the molecule is Cc1ccc2c(c1)OC1(CCC1)c1c(C(=O)Nc3csc4cnccc34)nn(C)c1-2. The zero-order valence-electron chi connectivity index (χ0n) is 16.7. The maximum Gasteiger partial charge on any atom is 0.276 e. The zero-order valence-corrected chi connectivity index (χ0v) is 17.5. The lowest BCUT2D eigenvalue weighted by Gasteiger charge is -2.45. The summed E-state index contributed by atoms with van der Waals surface area (Å²) in [5.41, 5.74) is 4.84. The molecular formula is C23H20N4O2S. The molecule has 4 aromatic rings. The Balaban J connectivity index is 1.48. The maximum atomic E-state index is 13.4. The Hall–Kier alpha value is -3.19. The molecule has 1 saturated carbocycles. The highest BCUT2D eigenvalue weighted by molar-refractivity contribution is 7.17. The average molecular weight is 417 g/mol. The lowest BCUT2D eigenvalue weighted by molar-refractivity contribution is -0.0151. The van der Waals surface area contributed by atoms with Gasteiger partial charge in [-0.3, -0.25) is 14.5 Å². The van der Waals surface area contributed by atoms with Crippen LogP contribution in [0.2, 0.25) is 0 Å². The fourth-order valence-electron chi connectivity index (χ4n) is 4.61. The van der Waals surface area contributed by atoms with E-state index in [-0.39, 0.29) is 5.91 Å². The summed E-state index contributed by atoms with van der Waals surface area (Å²) in [5, 5.41) is 10.7. The number of aryl methyl sites for hydroxylation is 2. The molecular weight excluding hydrogens is 396 g/mol. The van der Waals surface area contributed by atoms with Crippen LogP contribution in [0.3, 0.4) is 0 Å². The van der Waals surface area contributed by atoms with Crippen molar-refractivity contribution in [2.45, 2.75) is 31.8 Å². The predicted molar refractivity (Wildman–Crippen MR) is 117 cm³/mol. The molecule has 1 fully saturated rings. The number of aromatic nitrogens is 3. The lowest BCUT2D eigenvalue weighted by Crippen LogP contribution is -2.43. The van der Waals surface area contributed by atoms with Gasteiger partial charge in [-0.1, -0.05) is 6.07 Å². The molecule has 0 radical (unpaired) electrons. The number of hydrogen-bond acceptors (Lipinski definition) is 5. The number of carbonyl (C=O) groups excluding carboxylic acids is 1. The van der Waals surface area contributed by atoms with Crippen LogP contribution in [0.25, 0.3) is 21.3 Å². The number of amides is 1. The Bertz CT molecular complexity index is 1330. The summed E-state index contributed by atoms with van der Waals surface area (Å²) in [6.07, 6.45) is 6.43. The summed E-state index contributed by atoms with van der Waals surface area (Å²) in [6.45, 7) is 2.06. The van der Waals surface area contributed by atoms with Crippen molar-refractivity contribution in [2.24, 2.45) is 7.05 Å². The molecule has 1 amide bonds. The minimum atomic E-state index is -0.461. The van der Waals surface area contributed by atoms with Gasteiger partial charge >= 0.3 is 0 Å². The van der Waals surface area contributed by atoms with E-state index >= 15 is 0 Å². The number of carbonyl (C=O) groups is 1. The lowest BCUT2D eigenvalue weighted by atomic mass is 9.71. The fraction of sp³-hybridized carbons (Fsp3) is 0.261. The Labute approximate surface area is 177 Å². The van der Waals surface area contributed by atoms with E-state index in [4.69, 9.17) is 4.74 Å². The second kappa shape index (κ2) is 6.15. The minimum Gasteiger partial charge on any atom is -0.482 e. The standard InChI is InChI=1S/C23H20N4O2S/c1-13-4-5-15-17(10-13)29-23(7-3-8-23)19-20(26-27(2)21(15)19)22(28)25-16-12-30-18-11-24-9-6-14(16)18/h4-6,9-12H,3,7-8H2,1-2H3,(H,25,28). The molecule has 1 N–H and O–H groups in total. The first-order valence-electron chi connectivity index (χ1n) is 10.1. The monoisotopic (exact) mass is 416 g/mol. The van der Waals surface area contributed by atoms with Gasteiger partial charge < -0.3 is 10.1 Å². The highest BCUT2D eigenvalue weighted by atomic mass is 32.1. The number of nitrogens with one attached hydrogen (secondary N) is 1. The van der Waals surface area contributed by atoms with Crippen molar-refractivity contribution >= 4 is 33.0 Å². The first kappa shape index (κ1) is 17.7. The van der Waals surface area contributed by atoms with E-state index in [1.54, 1.807) is 17.5 Å². The van der Waals surface area contributed by atoms with Gasteiger partial charge in [-0.2, -0.15) is 5.10 Å². The van der Waals surface area contributed by atoms with E-state index in [2.05, 4.69) is 40.5 Å². The van der Waals surface area contributed by atoms with Gasteiger partial charge in [-0.05, 0) is 49.9 Å². The molecule has 1 aromatic carbocycles. The summed E-state index contributed by atoms with van der Waals surface area (Å²) in [5.74, 6) is 0.683. The largest absolute Gasteiger partial charge is 0.482 e. The first-order chi connectivity index (χ1) is 14.6. The van der Waals surface area contributed by atoms with E-state index in [1.165, 1.54) is 0 Å². The third kappa shape index (κ3) is 2.38. The predicted octanol–water partition coefficient (Wildman–Crippen LogP) is 5.03. The van der Waals surface area contributed by atoms with E-state index < -0.39 is 5.60 Å². The van der Waals surface area contributed by atoms with Gasteiger partial charge in [-0.25, -0.2) is 0 Å². The minimum absolute atomic E-state index is 0.200. The van der Waals surface area contributed by atoms with E-state index in [0.29, 0.717) is 5.69 Å². The third-order valence-electron chi connectivity index (χ3n) is 6.20. The van der Waals surface area contributed by atoms with E-state index in [1.807, 2.05) is 29.4 Å². The summed E-state index contributed by atoms with van der Waals surface area (Å²) >= 11 is 1.57. The van der Waals surface area contributed by atoms with Crippen molar-refractivity contribution in [1.82, 2.24) is 14.8 Å². The molecule has 3 aromatic heterocycles. The van der Waals surface area contributed by atoms with Crippen LogP contribution in [0, 0.1) is 6.92 Å². The van der Waals surface area contributed by atoms with Crippen LogP contribution in [0.5, 0.6) is 5.75 Å². The zero-order chi connectivity index (χ0) is 20.5. The summed E-state index contributed by atoms with van der Waals surface area (Å²) in [4.78, 5) is 17.5. The van der Waals surface area contributed by atoms with Crippen molar-refractivity contribution in [2.75, 3.05) is 5.32 Å². The van der Waals surface area contributed by atoms with Gasteiger partial charge in [0.2, 0.25) is 0 Å². The quantitative estimate of drug-likeness (QED) is 0.498. The van der Waals surface area contributed by atoms with Gasteiger partial charge in [0.15, 0.2) is 5.69 Å². The third-order valence-corrected chi connectivity index (χ3v) is 7.14. The second-order valence-corrected chi connectivity index (χ2v) is 9.03. The van der Waals surface area contributed by atoms with Crippen molar-refractivity contribution < 1.29 is 9.53 Å². The molecule has 6 nitrogen and oxygen atoms in total. The van der Waals surface area contributed by atoms with Gasteiger partial charge in [-0.15, -0.1) is 11.3 Å². The summed E-state index contributed by atoms with van der Waals surface area (Å²) in [6, 6.07) is 8.14. The molecule has 6 rings (SSSR count). The molecule has 1 aliphatic carbocycles. The molecule has 0 saturated heterocycles. The first-order valence-corrected chi connectivity index (χ1v) is 10.9. The maximum absolute atomic E-state index is 13.4. The normalized spacial score (nSPS) is 15.9. The topological polar surface area (TPSA) is 69.0 Å². The van der Waals surface area contributed by atoms with Crippen molar-refractivity contribution in [1.29, 1.82) is 0 Å². The van der Waals surface area contributed by atoms with Crippen LogP contribution in [-0.4, -0.2) is 20.7 Å². The number of thiophene rings is 1. The molecule has 4 heterocycles. The molecule has 1 spiro atoms. The van der Waals surface area contributed by atoms with Crippen LogP contribution < -0.4 is 10.1 Å². The van der Waals surface area contributed by atoms with Crippen LogP contribution in [0.1, 0.15) is 40.9 Å². The number of pyridine rings is 1. The van der Waals surface area contributed by atoms with Crippen molar-refractivity contribution in [3.8, 4) is 17.0 Å². The van der Waals surface area contributed by atoms with Gasteiger partial charge in [0.05, 0.1) is 21.6 Å². The Morgan fingerprint density at radius 3 is 2.97 bits per heavy atom. The molecule has 7 heteroatoms. The van der Waals surface area contributed by atoms with E-state index in [9.17, 15) is 4.79 Å². The highest BCUT2D eigenvalue weighted by Gasteiger charge is 2.50. The van der Waals surface area contributed by atoms with Crippen LogP contribution in [0.4, 0.5) is 5.69 Å². The molecule has 0 unspecified atom stereocenters. The number of benzene rings is 1. The molecule has 2 aliphatic rings. The number of nitrogens with zero attached hydrogens (tertiary/aromatic N) is 3. The molecule has 30 heavy (non-hydrogen) atoms. The van der Waals surface area contributed by atoms with Crippen molar-refractivity contribution in [3.63, 3.8) is 0 Å². The second-order valence-electron chi connectivity index (χ2n) is 8.12. The van der Waals surface area contributed by atoms with Gasteiger partial charge in [0.25, 0.3) is 5.91 Å². The summed E-state index contributed by atoms with van der Waals surface area (Å²) < 4.78 is 9.40. The Kier molecular flexibility index (Phi) is 3.62. The molecule has 0 atom stereocenters. The van der Waals surface area contributed by atoms with Crippen LogP contribution in [0.15, 0.2) is 42.0 Å². The van der Waals surface area contributed by atoms with Crippen LogP contribution in [-0.2, 0) is 12.6 Å². The Morgan fingerprint density at radius 2 is 2.17 bits per heavy atom. The fourth-order valence-corrected chi connectivity index (χ4v) is 5.46. The van der Waals surface area contributed by atoms with Gasteiger partial charge in [0.1, 0.15) is 11.4 Å². The molecule has 150 valence electrons. The number of hydrogen-bond donors (Lipinski definition) is 1. The van der Waals surface area contributed by atoms with E-state index in [0.717, 1.165) is 63.2 Å². The average Bonchev–Trinajstić information content (AvgIpc) is 3.28. The number of rotatable bonds is 2.